The van der Waals surface area contributed by atoms with Gasteiger partial charge in [0.25, 0.3) is 0 Å². The summed E-state index contributed by atoms with van der Waals surface area (Å²) in [6.07, 6.45) is 7.66. The average Bonchev–Trinajstić information content (AvgIpc) is 2.93. The lowest BCUT2D eigenvalue weighted by Crippen LogP contribution is -2.05. The average molecular weight is 275 g/mol. The lowest BCUT2D eigenvalue weighted by atomic mass is 10.2. The molecule has 2 aromatic rings. The van der Waals surface area contributed by atoms with Gasteiger partial charge in [-0.2, -0.15) is 5.26 Å². The molecule has 1 aromatic carbocycles. The number of halogens is 1. The van der Waals surface area contributed by atoms with Crippen molar-refractivity contribution in [3.63, 3.8) is 0 Å². The van der Waals surface area contributed by atoms with Crippen molar-refractivity contribution in [3.05, 3.63) is 47.5 Å². The monoisotopic (exact) mass is 274 g/mol. The first-order valence-electron chi connectivity index (χ1n) is 6.19. The van der Waals surface area contributed by atoms with Crippen molar-refractivity contribution in [3.8, 4) is 6.07 Å². The molecule has 2 rings (SSSR count). The van der Waals surface area contributed by atoms with E-state index < -0.39 is 0 Å². The summed E-state index contributed by atoms with van der Waals surface area (Å²) in [5, 5.41) is 12.9. The van der Waals surface area contributed by atoms with Gasteiger partial charge >= 0.3 is 0 Å². The molecule has 0 radical (unpaired) electrons. The van der Waals surface area contributed by atoms with Crippen molar-refractivity contribution in [2.24, 2.45) is 0 Å². The molecule has 0 amide bonds. The Kier molecular flexibility index (Phi) is 4.82. The molecule has 0 spiro atoms. The number of unbranched alkanes of at least 4 members (excludes halogenated alkanes) is 1. The lowest BCUT2D eigenvalue weighted by Gasteiger charge is -2.08. The van der Waals surface area contributed by atoms with Gasteiger partial charge in [0, 0.05) is 30.5 Å². The van der Waals surface area contributed by atoms with Gasteiger partial charge < -0.3 is 9.88 Å². The standard InChI is InChI=1S/C14H15ClN4/c15-13-3-4-14(12(9-13)10-16)18-5-1-2-7-19-8-6-17-11-19/h3-4,6,8-9,11,18H,1-2,5,7H2. The van der Waals surface area contributed by atoms with Crippen LogP contribution in [-0.4, -0.2) is 16.1 Å². The minimum absolute atomic E-state index is 0.585. The fraction of sp³-hybridized carbons (Fsp3) is 0.286. The molecule has 0 atom stereocenters. The van der Waals surface area contributed by atoms with E-state index in [0.717, 1.165) is 31.6 Å². The summed E-state index contributed by atoms with van der Waals surface area (Å²) in [6, 6.07) is 7.45. The van der Waals surface area contributed by atoms with Gasteiger partial charge in [0.2, 0.25) is 0 Å². The number of benzene rings is 1. The van der Waals surface area contributed by atoms with E-state index in [-0.39, 0.29) is 0 Å². The molecular formula is C14H15ClN4. The number of nitrogens with zero attached hydrogens (tertiary/aromatic N) is 3. The molecule has 0 aliphatic heterocycles. The number of anilines is 1. The van der Waals surface area contributed by atoms with E-state index in [1.807, 2.05) is 18.6 Å². The summed E-state index contributed by atoms with van der Waals surface area (Å²) in [6.45, 7) is 1.80. The van der Waals surface area contributed by atoms with Crippen molar-refractivity contribution in [2.45, 2.75) is 19.4 Å². The molecule has 0 aliphatic rings. The van der Waals surface area contributed by atoms with Crippen LogP contribution in [0.25, 0.3) is 0 Å². The zero-order chi connectivity index (χ0) is 13.5. The molecule has 0 bridgehead atoms. The van der Waals surface area contributed by atoms with Crippen LogP contribution in [-0.2, 0) is 6.54 Å². The summed E-state index contributed by atoms with van der Waals surface area (Å²) < 4.78 is 2.06. The first-order chi connectivity index (χ1) is 9.29. The third kappa shape index (κ3) is 4.01. The third-order valence-corrected chi connectivity index (χ3v) is 3.05. The van der Waals surface area contributed by atoms with E-state index in [9.17, 15) is 0 Å². The maximum absolute atomic E-state index is 9.01. The molecule has 1 N–H and O–H groups in total. The van der Waals surface area contributed by atoms with Gasteiger partial charge in [0.05, 0.1) is 17.6 Å². The van der Waals surface area contributed by atoms with Crippen LogP contribution in [0.4, 0.5) is 5.69 Å². The molecule has 4 nitrogen and oxygen atoms in total. The van der Waals surface area contributed by atoms with Gasteiger partial charge in [0.1, 0.15) is 6.07 Å². The minimum atomic E-state index is 0.585. The molecule has 0 fully saturated rings. The van der Waals surface area contributed by atoms with Crippen LogP contribution >= 0.6 is 11.6 Å². The fourth-order valence-electron chi connectivity index (χ4n) is 1.82. The molecule has 1 aromatic heterocycles. The highest BCUT2D eigenvalue weighted by Crippen LogP contribution is 2.19. The van der Waals surface area contributed by atoms with Crippen LogP contribution in [0, 0.1) is 11.3 Å². The van der Waals surface area contributed by atoms with Gasteiger partial charge in [-0.05, 0) is 31.0 Å². The first kappa shape index (κ1) is 13.4. The SMILES string of the molecule is N#Cc1cc(Cl)ccc1NCCCCn1ccnc1. The number of rotatable bonds is 6. The number of aryl methyl sites for hydroxylation is 1. The molecule has 5 heteroatoms. The zero-order valence-electron chi connectivity index (χ0n) is 10.5. The molecule has 0 unspecified atom stereocenters. The van der Waals surface area contributed by atoms with Crippen molar-refractivity contribution in [1.29, 1.82) is 5.26 Å². The summed E-state index contributed by atoms with van der Waals surface area (Å²) in [5.41, 5.74) is 1.43. The summed E-state index contributed by atoms with van der Waals surface area (Å²) >= 11 is 5.85. The van der Waals surface area contributed by atoms with Crippen molar-refractivity contribution < 1.29 is 0 Å². The van der Waals surface area contributed by atoms with Gasteiger partial charge in [-0.25, -0.2) is 4.98 Å². The smallest absolute Gasteiger partial charge is 0.101 e. The quantitative estimate of drug-likeness (QED) is 0.822. The van der Waals surface area contributed by atoms with Crippen LogP contribution in [0.3, 0.4) is 0 Å². The summed E-state index contributed by atoms with van der Waals surface area (Å²) in [7, 11) is 0. The Hall–Kier alpha value is -1.99. The van der Waals surface area contributed by atoms with E-state index in [4.69, 9.17) is 16.9 Å². The molecular weight excluding hydrogens is 260 g/mol. The molecule has 0 saturated carbocycles. The van der Waals surface area contributed by atoms with Crippen LogP contribution in [0.5, 0.6) is 0 Å². The van der Waals surface area contributed by atoms with Gasteiger partial charge in [0.15, 0.2) is 0 Å². The number of imidazole rings is 1. The largest absolute Gasteiger partial charge is 0.384 e. The summed E-state index contributed by atoms with van der Waals surface area (Å²) in [4.78, 5) is 4.00. The highest BCUT2D eigenvalue weighted by atomic mass is 35.5. The number of hydrogen-bond donors (Lipinski definition) is 1. The van der Waals surface area contributed by atoms with Gasteiger partial charge in [-0.1, -0.05) is 11.6 Å². The van der Waals surface area contributed by atoms with E-state index in [1.165, 1.54) is 0 Å². The van der Waals surface area contributed by atoms with Crippen molar-refractivity contribution in [1.82, 2.24) is 9.55 Å². The highest BCUT2D eigenvalue weighted by molar-refractivity contribution is 6.30. The Balaban J connectivity index is 1.75. The zero-order valence-corrected chi connectivity index (χ0v) is 11.3. The lowest BCUT2D eigenvalue weighted by molar-refractivity contribution is 0.621. The molecule has 0 saturated heterocycles. The third-order valence-electron chi connectivity index (χ3n) is 2.82. The van der Waals surface area contributed by atoms with Gasteiger partial charge in [-0.3, -0.25) is 0 Å². The Morgan fingerprint density at radius 3 is 3.00 bits per heavy atom. The number of aromatic nitrogens is 2. The second kappa shape index (κ2) is 6.81. The predicted octanol–water partition coefficient (Wildman–Crippen LogP) is 3.30. The maximum atomic E-state index is 9.01. The van der Waals surface area contributed by atoms with Crippen LogP contribution in [0.2, 0.25) is 5.02 Å². The predicted molar refractivity (Wildman–Crippen MR) is 76.1 cm³/mol. The van der Waals surface area contributed by atoms with Crippen molar-refractivity contribution >= 4 is 17.3 Å². The van der Waals surface area contributed by atoms with Crippen molar-refractivity contribution in [2.75, 3.05) is 11.9 Å². The fourth-order valence-corrected chi connectivity index (χ4v) is 2.00. The number of nitriles is 1. The Morgan fingerprint density at radius 1 is 1.37 bits per heavy atom. The second-order valence-electron chi connectivity index (χ2n) is 4.24. The minimum Gasteiger partial charge on any atom is -0.384 e. The normalized spacial score (nSPS) is 10.1. The molecule has 0 aliphatic carbocycles. The van der Waals surface area contributed by atoms with Crippen LogP contribution in [0.15, 0.2) is 36.9 Å². The summed E-state index contributed by atoms with van der Waals surface area (Å²) in [5.74, 6) is 0. The highest BCUT2D eigenvalue weighted by Gasteiger charge is 2.01. The molecule has 1 heterocycles. The Labute approximate surface area is 117 Å². The Bertz CT molecular complexity index is 557. The first-order valence-corrected chi connectivity index (χ1v) is 6.56. The molecule has 19 heavy (non-hydrogen) atoms. The molecule has 98 valence electrons. The topological polar surface area (TPSA) is 53.6 Å². The number of nitrogens with one attached hydrogen (secondary N) is 1. The van der Waals surface area contributed by atoms with Crippen LogP contribution in [0.1, 0.15) is 18.4 Å². The van der Waals surface area contributed by atoms with E-state index in [0.29, 0.717) is 10.6 Å². The van der Waals surface area contributed by atoms with E-state index in [2.05, 4.69) is 20.9 Å². The number of hydrogen-bond acceptors (Lipinski definition) is 3. The Morgan fingerprint density at radius 2 is 2.26 bits per heavy atom. The van der Waals surface area contributed by atoms with Gasteiger partial charge in [-0.15, -0.1) is 0 Å². The maximum Gasteiger partial charge on any atom is 0.101 e. The van der Waals surface area contributed by atoms with E-state index >= 15 is 0 Å². The van der Waals surface area contributed by atoms with E-state index in [1.54, 1.807) is 18.3 Å². The van der Waals surface area contributed by atoms with Crippen LogP contribution < -0.4 is 5.32 Å². The second-order valence-corrected chi connectivity index (χ2v) is 4.67.